The molecule has 0 aliphatic carbocycles. The minimum atomic E-state index is -0.485. The van der Waals surface area contributed by atoms with Gasteiger partial charge in [-0.1, -0.05) is 12.1 Å². The van der Waals surface area contributed by atoms with Gasteiger partial charge in [-0.2, -0.15) is 0 Å². The summed E-state index contributed by atoms with van der Waals surface area (Å²) in [7, 11) is 3.16. The third-order valence-corrected chi connectivity index (χ3v) is 10.1. The zero-order chi connectivity index (χ0) is 29.1. The standard InChI is InChI=1S/C36H39N3O4/c1-41-30(42-2)21-37-36(40)25-9-3-8-22(18-25)31-28-19-23-10-4-14-38-16-6-12-26(32(23)38)34(28)43-35-27-13-7-17-39-15-5-11-24(33(27)39)20-29(31)35/h3,8-9,18-20,30H,4-7,10-17,21H2,1-2H3/p+1. The van der Waals surface area contributed by atoms with E-state index in [1.54, 1.807) is 14.2 Å². The number of benzene rings is 3. The zero-order valence-corrected chi connectivity index (χ0v) is 25.3. The van der Waals surface area contributed by atoms with Crippen molar-refractivity contribution in [3.63, 3.8) is 0 Å². The lowest BCUT2D eigenvalue weighted by molar-refractivity contribution is -0.0974. The molecule has 0 unspecified atom stereocenters. The van der Waals surface area contributed by atoms with E-state index in [9.17, 15) is 4.79 Å². The van der Waals surface area contributed by atoms with Gasteiger partial charge in [0.1, 0.15) is 24.6 Å². The first kappa shape index (κ1) is 26.9. The molecule has 3 aromatic carbocycles. The van der Waals surface area contributed by atoms with Gasteiger partial charge in [0, 0.05) is 78.9 Å². The highest BCUT2D eigenvalue weighted by Crippen LogP contribution is 2.48. The van der Waals surface area contributed by atoms with Gasteiger partial charge in [0.05, 0.1) is 12.1 Å². The van der Waals surface area contributed by atoms with Crippen molar-refractivity contribution in [1.82, 2.24) is 9.89 Å². The third-order valence-electron chi connectivity index (χ3n) is 10.1. The summed E-state index contributed by atoms with van der Waals surface area (Å²) in [6.45, 7) is 4.80. The number of fused-ring (bicyclic) bond motifs is 4. The second-order valence-corrected chi connectivity index (χ2v) is 12.5. The molecule has 5 heterocycles. The van der Waals surface area contributed by atoms with Gasteiger partial charge in [0.25, 0.3) is 5.91 Å². The second kappa shape index (κ2) is 10.8. The van der Waals surface area contributed by atoms with Crippen molar-refractivity contribution in [2.45, 2.75) is 57.7 Å². The maximum Gasteiger partial charge on any atom is 0.251 e. The van der Waals surface area contributed by atoms with Crippen LogP contribution in [0, 0.1) is 0 Å². The van der Waals surface area contributed by atoms with Crippen molar-refractivity contribution in [1.29, 1.82) is 0 Å². The third kappa shape index (κ3) is 4.39. The highest BCUT2D eigenvalue weighted by molar-refractivity contribution is 5.96. The van der Waals surface area contributed by atoms with Gasteiger partial charge in [0.15, 0.2) is 6.29 Å². The Morgan fingerprint density at radius 3 is 2.53 bits per heavy atom. The van der Waals surface area contributed by atoms with Gasteiger partial charge in [-0.3, -0.25) is 4.79 Å². The van der Waals surface area contributed by atoms with Crippen molar-refractivity contribution in [3.8, 4) is 11.5 Å². The molecule has 7 heteroatoms. The number of rotatable bonds is 6. The fraction of sp³-hybridized carbons (Fsp3) is 0.444. The largest absolute Gasteiger partial charge is 0.455 e. The van der Waals surface area contributed by atoms with Crippen molar-refractivity contribution >= 4 is 17.2 Å². The van der Waals surface area contributed by atoms with E-state index in [0.29, 0.717) is 5.56 Å². The highest BCUT2D eigenvalue weighted by Gasteiger charge is 2.35. The number of carbonyl (C=O) groups excluding carboxylic acids is 1. The van der Waals surface area contributed by atoms with Crippen LogP contribution in [0.15, 0.2) is 36.4 Å². The zero-order valence-electron chi connectivity index (χ0n) is 25.3. The SMILES string of the molecule is COC(CNC(=O)c1cccc(C2=c3cc4c5c(c3Oc3c2cc2c6c3CCCN6CCC2)CCC[N+]=5CCC4)c1)OC. The number of carbonyl (C=O) groups is 1. The minimum Gasteiger partial charge on any atom is -0.455 e. The Kier molecular flexibility index (Phi) is 6.75. The van der Waals surface area contributed by atoms with Crippen LogP contribution >= 0.6 is 0 Å². The Morgan fingerprint density at radius 1 is 0.930 bits per heavy atom. The molecule has 43 heavy (non-hydrogen) atoms. The summed E-state index contributed by atoms with van der Waals surface area (Å²) in [6, 6.07) is 12.9. The van der Waals surface area contributed by atoms with Crippen LogP contribution in [0.2, 0.25) is 0 Å². The molecular formula is C36H40N3O4+. The summed E-state index contributed by atoms with van der Waals surface area (Å²) in [5.74, 6) is 1.94. The summed E-state index contributed by atoms with van der Waals surface area (Å²) >= 11 is 0. The molecule has 222 valence electrons. The van der Waals surface area contributed by atoms with Crippen molar-refractivity contribution < 1.29 is 19.0 Å². The van der Waals surface area contributed by atoms with Crippen molar-refractivity contribution in [3.05, 3.63) is 85.9 Å². The van der Waals surface area contributed by atoms with Gasteiger partial charge >= 0.3 is 0 Å². The maximum absolute atomic E-state index is 13.3. The molecule has 5 aliphatic heterocycles. The number of nitrogens with one attached hydrogen (secondary N) is 1. The number of methoxy groups -OCH3 is 2. The molecular weight excluding hydrogens is 538 g/mol. The number of ether oxygens (including phenoxy) is 3. The molecule has 1 N–H and O–H groups in total. The lowest BCUT2D eigenvalue weighted by atomic mass is 9.82. The lowest BCUT2D eigenvalue weighted by Gasteiger charge is -2.39. The molecule has 0 atom stereocenters. The first-order valence-electron chi connectivity index (χ1n) is 16.0. The average Bonchev–Trinajstić information content (AvgIpc) is 3.05. The number of aryl methyl sites for hydroxylation is 2. The topological polar surface area (TPSA) is 63.0 Å². The monoisotopic (exact) mass is 578 g/mol. The summed E-state index contributed by atoms with van der Waals surface area (Å²) in [5.41, 5.74) is 11.1. The molecule has 0 saturated heterocycles. The van der Waals surface area contributed by atoms with Crippen LogP contribution in [-0.4, -0.2) is 59.1 Å². The number of anilines is 1. The number of nitrogens with zero attached hydrogens (tertiary/aromatic N) is 2. The number of hydrogen-bond acceptors (Lipinski definition) is 5. The summed E-state index contributed by atoms with van der Waals surface area (Å²) in [4.78, 5) is 15.9. The second-order valence-electron chi connectivity index (χ2n) is 12.5. The Morgan fingerprint density at radius 2 is 1.70 bits per heavy atom. The summed E-state index contributed by atoms with van der Waals surface area (Å²) in [6.07, 6.45) is 8.47. The van der Waals surface area contributed by atoms with Crippen LogP contribution in [0.1, 0.15) is 69.4 Å². The van der Waals surface area contributed by atoms with Crippen LogP contribution in [0.25, 0.3) is 5.57 Å². The normalized spacial score (nSPS) is 18.0. The van der Waals surface area contributed by atoms with Gasteiger partial charge < -0.3 is 24.4 Å². The van der Waals surface area contributed by atoms with Crippen LogP contribution in [-0.2, 0) is 35.2 Å². The highest BCUT2D eigenvalue weighted by atomic mass is 16.7. The predicted molar refractivity (Wildman–Crippen MR) is 167 cm³/mol. The molecule has 3 aromatic rings. The van der Waals surface area contributed by atoms with Crippen molar-refractivity contribution in [2.24, 2.45) is 0 Å². The fourth-order valence-corrected chi connectivity index (χ4v) is 8.18. The predicted octanol–water partition coefficient (Wildman–Crippen LogP) is 3.47. The number of hydrogen-bond donors (Lipinski definition) is 1. The molecule has 0 fully saturated rings. The van der Waals surface area contributed by atoms with Crippen LogP contribution in [0.5, 0.6) is 11.5 Å². The maximum atomic E-state index is 13.3. The number of amides is 1. The molecule has 0 radical (unpaired) electrons. The molecule has 5 aliphatic rings. The quantitative estimate of drug-likeness (QED) is 0.281. The summed E-state index contributed by atoms with van der Waals surface area (Å²) < 4.78 is 20.3. The van der Waals surface area contributed by atoms with E-state index in [0.717, 1.165) is 81.8 Å². The van der Waals surface area contributed by atoms with E-state index in [2.05, 4.69) is 33.0 Å². The van der Waals surface area contributed by atoms with Gasteiger partial charge in [-0.05, 0) is 73.9 Å². The molecule has 0 spiro atoms. The Hall–Kier alpha value is -3.68. The lowest BCUT2D eigenvalue weighted by Crippen LogP contribution is -2.45. The molecule has 0 aromatic heterocycles. The van der Waals surface area contributed by atoms with E-state index in [-0.39, 0.29) is 12.5 Å². The van der Waals surface area contributed by atoms with Gasteiger partial charge in [0.2, 0.25) is 5.36 Å². The fourth-order valence-electron chi connectivity index (χ4n) is 8.18. The first-order chi connectivity index (χ1) is 21.1. The van der Waals surface area contributed by atoms with E-state index in [1.807, 2.05) is 18.2 Å². The van der Waals surface area contributed by atoms with Crippen LogP contribution in [0.4, 0.5) is 5.69 Å². The molecule has 0 bridgehead atoms. The molecule has 7 nitrogen and oxygen atoms in total. The van der Waals surface area contributed by atoms with Gasteiger partial charge in [-0.25, -0.2) is 4.58 Å². The van der Waals surface area contributed by atoms with Crippen LogP contribution < -0.4 is 30.1 Å². The van der Waals surface area contributed by atoms with Crippen LogP contribution in [0.3, 0.4) is 0 Å². The van der Waals surface area contributed by atoms with E-state index in [1.165, 1.54) is 62.5 Å². The smallest absolute Gasteiger partial charge is 0.251 e. The Balaban J connectivity index is 1.36. The molecule has 1 amide bonds. The molecule has 8 rings (SSSR count). The molecule has 0 saturated carbocycles. The van der Waals surface area contributed by atoms with Gasteiger partial charge in [-0.15, -0.1) is 0 Å². The van der Waals surface area contributed by atoms with E-state index < -0.39 is 6.29 Å². The first-order valence-corrected chi connectivity index (χ1v) is 16.0. The van der Waals surface area contributed by atoms with Crippen molar-refractivity contribution in [2.75, 3.05) is 51.8 Å². The Bertz CT molecular complexity index is 1770. The average molecular weight is 579 g/mol. The summed E-state index contributed by atoms with van der Waals surface area (Å²) in [5, 5.41) is 5.58. The van der Waals surface area contributed by atoms with E-state index >= 15 is 0 Å². The Labute approximate surface area is 252 Å². The van der Waals surface area contributed by atoms with E-state index in [4.69, 9.17) is 14.2 Å². The minimum absolute atomic E-state index is 0.138.